The maximum absolute atomic E-state index is 13.0. The van der Waals surface area contributed by atoms with Gasteiger partial charge >= 0.3 is 6.18 Å². The smallest absolute Gasteiger partial charge is 0.416 e. The summed E-state index contributed by atoms with van der Waals surface area (Å²) in [7, 11) is 0. The number of aromatic nitrogens is 2. The van der Waals surface area contributed by atoms with Crippen molar-refractivity contribution >= 4 is 11.5 Å². The minimum absolute atomic E-state index is 0.0931. The van der Waals surface area contributed by atoms with Crippen molar-refractivity contribution in [2.75, 3.05) is 0 Å². The number of ether oxygens (including phenoxy) is 1. The molecule has 1 amide bonds. The van der Waals surface area contributed by atoms with Crippen LogP contribution in [-0.4, -0.2) is 21.5 Å². The monoisotopic (exact) mass is 557 g/mol. The predicted molar refractivity (Wildman–Crippen MR) is 151 cm³/mol. The minimum atomic E-state index is -4.38. The molecule has 4 aromatic rings. The molecule has 3 fully saturated rings. The van der Waals surface area contributed by atoms with Crippen LogP contribution in [0.15, 0.2) is 97.0 Å². The van der Waals surface area contributed by atoms with E-state index >= 15 is 0 Å². The van der Waals surface area contributed by atoms with Crippen molar-refractivity contribution in [2.45, 2.75) is 44.8 Å². The molecule has 1 N–H and O–H groups in total. The second-order valence-corrected chi connectivity index (χ2v) is 10.9. The lowest BCUT2D eigenvalue weighted by Crippen LogP contribution is -2.48. The molecule has 3 aliphatic carbocycles. The molecule has 210 valence electrons. The topological polar surface area (TPSA) is 56.2 Å². The summed E-state index contributed by atoms with van der Waals surface area (Å²) in [5, 5.41) is 3.27. The second-order valence-electron chi connectivity index (χ2n) is 10.9. The van der Waals surface area contributed by atoms with Crippen LogP contribution in [0, 0.1) is 11.8 Å². The summed E-state index contributed by atoms with van der Waals surface area (Å²) in [5.74, 6) is 2.36. The molecule has 3 saturated carbocycles. The number of nitrogens with zero attached hydrogens (tertiary/aromatic N) is 2. The predicted octanol–water partition coefficient (Wildman–Crippen LogP) is 8.08. The summed E-state index contributed by atoms with van der Waals surface area (Å²) in [6.45, 7) is 2.12. The quantitative estimate of drug-likeness (QED) is 0.261. The lowest BCUT2D eigenvalue weighted by atomic mass is 9.64. The molecule has 8 heteroatoms. The van der Waals surface area contributed by atoms with Crippen molar-refractivity contribution in [1.29, 1.82) is 0 Å². The molecule has 41 heavy (non-hydrogen) atoms. The van der Waals surface area contributed by atoms with Gasteiger partial charge < -0.3 is 14.6 Å². The van der Waals surface area contributed by atoms with Gasteiger partial charge in [-0.25, -0.2) is 4.98 Å². The van der Waals surface area contributed by atoms with Gasteiger partial charge in [-0.15, -0.1) is 0 Å². The summed E-state index contributed by atoms with van der Waals surface area (Å²) in [4.78, 5) is 17.5. The maximum Gasteiger partial charge on any atom is 0.416 e. The van der Waals surface area contributed by atoms with Crippen molar-refractivity contribution in [2.24, 2.45) is 11.8 Å². The van der Waals surface area contributed by atoms with Crippen LogP contribution in [0.2, 0.25) is 0 Å². The van der Waals surface area contributed by atoms with Crippen LogP contribution in [0.3, 0.4) is 0 Å². The third-order valence-corrected chi connectivity index (χ3v) is 8.33. The summed E-state index contributed by atoms with van der Waals surface area (Å²) >= 11 is 0. The van der Waals surface area contributed by atoms with E-state index in [1.165, 1.54) is 23.3 Å². The lowest BCUT2D eigenvalue weighted by molar-refractivity contribution is -0.137. The normalized spacial score (nSPS) is 21.4. The zero-order valence-corrected chi connectivity index (χ0v) is 22.6. The largest absolute Gasteiger partial charge is 0.457 e. The Labute approximate surface area is 236 Å². The van der Waals surface area contributed by atoms with Gasteiger partial charge in [0, 0.05) is 24.6 Å². The van der Waals surface area contributed by atoms with E-state index in [2.05, 4.69) is 17.2 Å². The first-order chi connectivity index (χ1) is 19.7. The molecule has 3 atom stereocenters. The third kappa shape index (κ3) is 5.78. The number of halogens is 3. The number of rotatable bonds is 6. The minimum Gasteiger partial charge on any atom is -0.457 e. The molecule has 2 heterocycles. The fraction of sp³-hybridized carbons (Fsp3) is 0.273. The van der Waals surface area contributed by atoms with E-state index < -0.39 is 11.7 Å². The molecule has 2 bridgehead atoms. The van der Waals surface area contributed by atoms with Crippen molar-refractivity contribution in [3.63, 3.8) is 0 Å². The Kier molecular flexibility index (Phi) is 7.15. The number of hydrogen-bond donors (Lipinski definition) is 1. The van der Waals surface area contributed by atoms with Gasteiger partial charge in [-0.05, 0) is 116 Å². The standard InChI is InChI=1S/C33H30F3N3O2/c1-21(22-5-4-6-28(17-22)41-27-12-10-26(11-13-27)33(34,35)36)29-18-24-8-7-23(29)19-30(24)38-32(40)25-9-14-31(37-20-25)39-15-2-3-16-39/h2-6,9-17,20,23-24,30H,7-8,18-19H2,1H3,(H,38,40). The van der Waals surface area contributed by atoms with E-state index in [0.29, 0.717) is 28.9 Å². The van der Waals surface area contributed by atoms with Gasteiger partial charge in [0.25, 0.3) is 5.91 Å². The number of fused-ring (bicyclic) bond motifs is 3. The summed E-state index contributed by atoms with van der Waals surface area (Å²) in [5.41, 5.74) is 3.50. The average Bonchev–Trinajstić information content (AvgIpc) is 3.52. The van der Waals surface area contributed by atoms with Crippen molar-refractivity contribution < 1.29 is 22.7 Å². The highest BCUT2D eigenvalue weighted by Crippen LogP contribution is 2.47. The number of allylic oxidation sites excluding steroid dienone is 2. The highest BCUT2D eigenvalue weighted by molar-refractivity contribution is 5.94. The number of amides is 1. The molecule has 7 rings (SSSR count). The van der Waals surface area contributed by atoms with Crippen molar-refractivity contribution in [3.8, 4) is 17.3 Å². The first kappa shape index (κ1) is 26.9. The van der Waals surface area contributed by atoms with Crippen LogP contribution < -0.4 is 10.1 Å². The number of benzene rings is 2. The Balaban J connectivity index is 1.12. The number of carbonyl (C=O) groups is 1. The fourth-order valence-corrected chi connectivity index (χ4v) is 6.12. The Bertz CT molecular complexity index is 1560. The summed E-state index contributed by atoms with van der Waals surface area (Å²) < 4.78 is 46.4. The van der Waals surface area contributed by atoms with Crippen LogP contribution in [0.1, 0.15) is 54.1 Å². The second kappa shape index (κ2) is 10.9. The Hall–Kier alpha value is -4.33. The third-order valence-electron chi connectivity index (χ3n) is 8.33. The molecule has 5 nitrogen and oxygen atoms in total. The van der Waals surface area contributed by atoms with Gasteiger partial charge in [0.05, 0.1) is 11.1 Å². The van der Waals surface area contributed by atoms with E-state index in [4.69, 9.17) is 4.74 Å². The van der Waals surface area contributed by atoms with Crippen LogP contribution in [0.25, 0.3) is 11.4 Å². The van der Waals surface area contributed by atoms with Crippen LogP contribution >= 0.6 is 0 Å². The van der Waals surface area contributed by atoms with E-state index in [0.717, 1.165) is 49.2 Å². The molecule has 2 aromatic carbocycles. The van der Waals surface area contributed by atoms with Crippen molar-refractivity contribution in [1.82, 2.24) is 14.9 Å². The molecule has 0 aliphatic heterocycles. The molecule has 0 radical (unpaired) electrons. The van der Waals surface area contributed by atoms with Crippen LogP contribution in [0.4, 0.5) is 13.2 Å². The molecular weight excluding hydrogens is 527 g/mol. The zero-order chi connectivity index (χ0) is 28.6. The van der Waals surface area contributed by atoms with Crippen LogP contribution in [0.5, 0.6) is 11.5 Å². The van der Waals surface area contributed by atoms with Gasteiger partial charge in [0.2, 0.25) is 0 Å². The first-order valence-electron chi connectivity index (χ1n) is 13.8. The van der Waals surface area contributed by atoms with E-state index in [1.54, 1.807) is 12.3 Å². The van der Waals surface area contributed by atoms with Gasteiger partial charge in [-0.1, -0.05) is 17.7 Å². The zero-order valence-electron chi connectivity index (χ0n) is 22.6. The SMILES string of the molecule is CC(=C1CC2CCC1CC2NC(=O)c1ccc(-n2cccc2)nc1)c1cccc(Oc2ccc(C(F)(F)F)cc2)c1. The molecule has 2 aromatic heterocycles. The highest BCUT2D eigenvalue weighted by atomic mass is 19.4. The van der Waals surface area contributed by atoms with Crippen LogP contribution in [-0.2, 0) is 6.18 Å². The van der Waals surface area contributed by atoms with Gasteiger partial charge in [0.15, 0.2) is 0 Å². The summed E-state index contributed by atoms with van der Waals surface area (Å²) in [6.07, 6.45) is 5.08. The Morgan fingerprint density at radius 2 is 1.73 bits per heavy atom. The Morgan fingerprint density at radius 3 is 2.39 bits per heavy atom. The number of hydrogen-bond acceptors (Lipinski definition) is 3. The molecular formula is C33H30F3N3O2. The van der Waals surface area contributed by atoms with E-state index in [1.807, 2.05) is 59.4 Å². The number of carbonyl (C=O) groups excluding carboxylic acids is 1. The van der Waals surface area contributed by atoms with Gasteiger partial charge in [-0.3, -0.25) is 4.79 Å². The average molecular weight is 558 g/mol. The molecule has 3 aliphatic rings. The number of pyridine rings is 1. The molecule has 0 spiro atoms. The lowest BCUT2D eigenvalue weighted by Gasteiger charge is -2.45. The maximum atomic E-state index is 13.0. The van der Waals surface area contributed by atoms with E-state index in [-0.39, 0.29) is 11.9 Å². The molecule has 3 unspecified atom stereocenters. The van der Waals surface area contributed by atoms with Gasteiger partial charge in [0.1, 0.15) is 17.3 Å². The Morgan fingerprint density at radius 1 is 0.951 bits per heavy atom. The highest BCUT2D eigenvalue weighted by Gasteiger charge is 2.40. The number of nitrogens with one attached hydrogen (secondary N) is 1. The number of alkyl halides is 3. The first-order valence-corrected chi connectivity index (χ1v) is 13.8. The fourth-order valence-electron chi connectivity index (χ4n) is 6.12. The van der Waals surface area contributed by atoms with E-state index in [9.17, 15) is 18.0 Å². The summed E-state index contributed by atoms with van der Waals surface area (Å²) in [6, 6.07) is 20.0. The van der Waals surface area contributed by atoms with Crippen molar-refractivity contribution in [3.05, 3.63) is 114 Å². The van der Waals surface area contributed by atoms with Gasteiger partial charge in [-0.2, -0.15) is 13.2 Å². The molecule has 0 saturated heterocycles.